The lowest BCUT2D eigenvalue weighted by Gasteiger charge is -2.32. The van der Waals surface area contributed by atoms with Crippen molar-refractivity contribution in [1.82, 2.24) is 4.90 Å². The van der Waals surface area contributed by atoms with Crippen molar-refractivity contribution in [1.29, 1.82) is 0 Å². The lowest BCUT2D eigenvalue weighted by molar-refractivity contribution is -0.121. The minimum Gasteiger partial charge on any atom is -0.326 e. The number of hydrogen-bond donors (Lipinski definition) is 1. The van der Waals surface area contributed by atoms with Crippen molar-refractivity contribution >= 4 is 11.6 Å². The van der Waals surface area contributed by atoms with Crippen LogP contribution in [0.1, 0.15) is 29.5 Å². The van der Waals surface area contributed by atoms with Crippen molar-refractivity contribution in [3.63, 3.8) is 0 Å². The maximum Gasteiger partial charge on any atom is 0.228 e. The molecule has 4 heteroatoms. The summed E-state index contributed by atoms with van der Waals surface area (Å²) in [6.07, 6.45) is 1.92. The number of benzene rings is 2. The molecule has 1 fully saturated rings. The minimum atomic E-state index is -0.215. The molecule has 0 unspecified atom stereocenters. The molecule has 1 aliphatic rings. The fourth-order valence-corrected chi connectivity index (χ4v) is 3.55. The first-order valence-corrected chi connectivity index (χ1v) is 8.85. The first-order chi connectivity index (χ1) is 12.0. The van der Waals surface area contributed by atoms with E-state index >= 15 is 0 Å². The number of likely N-dealkylation sites (tertiary alicyclic amines) is 1. The zero-order chi connectivity index (χ0) is 17.8. The van der Waals surface area contributed by atoms with E-state index in [0.29, 0.717) is 0 Å². The molecule has 2 aromatic rings. The number of amides is 1. The van der Waals surface area contributed by atoms with Gasteiger partial charge in [0.1, 0.15) is 5.82 Å². The zero-order valence-corrected chi connectivity index (χ0v) is 14.9. The molecular formula is C21H25FN2O. The maximum atomic E-state index is 13.0. The molecule has 3 nitrogen and oxygen atoms in total. The number of nitrogens with zero attached hydrogens (tertiary/aromatic N) is 1. The van der Waals surface area contributed by atoms with E-state index in [-0.39, 0.29) is 17.6 Å². The van der Waals surface area contributed by atoms with Crippen molar-refractivity contribution in [2.75, 3.05) is 18.4 Å². The average Bonchev–Trinajstić information content (AvgIpc) is 2.56. The van der Waals surface area contributed by atoms with Gasteiger partial charge in [-0.25, -0.2) is 4.39 Å². The van der Waals surface area contributed by atoms with Crippen LogP contribution in [0.4, 0.5) is 10.1 Å². The SMILES string of the molecule is Cc1cc(C)cc(NC(=O)[C@H]2CCCN(Cc3ccc(F)cc3)C2)c1. The van der Waals surface area contributed by atoms with Gasteiger partial charge in [-0.2, -0.15) is 0 Å². The molecule has 0 aromatic heterocycles. The highest BCUT2D eigenvalue weighted by Gasteiger charge is 2.25. The van der Waals surface area contributed by atoms with Gasteiger partial charge in [0.15, 0.2) is 0 Å². The predicted molar refractivity (Wildman–Crippen MR) is 98.9 cm³/mol. The predicted octanol–water partition coefficient (Wildman–Crippen LogP) is 4.29. The summed E-state index contributed by atoms with van der Waals surface area (Å²) in [6.45, 7) is 6.55. The van der Waals surface area contributed by atoms with Gasteiger partial charge in [-0.05, 0) is 74.2 Å². The Balaban J connectivity index is 1.60. The number of nitrogens with one attached hydrogen (secondary N) is 1. The molecule has 0 bridgehead atoms. The van der Waals surface area contributed by atoms with E-state index in [1.807, 2.05) is 38.1 Å². The van der Waals surface area contributed by atoms with E-state index in [4.69, 9.17) is 0 Å². The summed E-state index contributed by atoms with van der Waals surface area (Å²) < 4.78 is 13.0. The number of hydrogen-bond acceptors (Lipinski definition) is 2. The summed E-state index contributed by atoms with van der Waals surface area (Å²) in [5.74, 6) is -0.128. The highest BCUT2D eigenvalue weighted by molar-refractivity contribution is 5.92. The number of piperidine rings is 1. The lowest BCUT2D eigenvalue weighted by atomic mass is 9.96. The lowest BCUT2D eigenvalue weighted by Crippen LogP contribution is -2.40. The van der Waals surface area contributed by atoms with Crippen molar-refractivity contribution < 1.29 is 9.18 Å². The van der Waals surface area contributed by atoms with Crippen LogP contribution in [0.15, 0.2) is 42.5 Å². The van der Waals surface area contributed by atoms with Crippen molar-refractivity contribution in [3.05, 3.63) is 65.0 Å². The second-order valence-electron chi connectivity index (χ2n) is 7.07. The van der Waals surface area contributed by atoms with Crippen molar-refractivity contribution in [2.45, 2.75) is 33.2 Å². The van der Waals surface area contributed by atoms with Crippen LogP contribution in [0, 0.1) is 25.6 Å². The Bertz CT molecular complexity index is 722. The van der Waals surface area contributed by atoms with Crippen LogP contribution >= 0.6 is 0 Å². The van der Waals surface area contributed by atoms with Gasteiger partial charge in [-0.3, -0.25) is 9.69 Å². The smallest absolute Gasteiger partial charge is 0.228 e. The Morgan fingerprint density at radius 3 is 2.52 bits per heavy atom. The fourth-order valence-electron chi connectivity index (χ4n) is 3.55. The van der Waals surface area contributed by atoms with Crippen LogP contribution in [0.3, 0.4) is 0 Å². The third-order valence-electron chi connectivity index (χ3n) is 4.68. The standard InChI is InChI=1S/C21H25FN2O/c1-15-10-16(2)12-20(11-15)23-21(25)18-4-3-9-24(14-18)13-17-5-7-19(22)8-6-17/h5-8,10-12,18H,3-4,9,13-14H2,1-2H3,(H,23,25)/t18-/m0/s1. The normalized spacial score (nSPS) is 18.1. The second-order valence-corrected chi connectivity index (χ2v) is 7.07. The van der Waals surface area contributed by atoms with Gasteiger partial charge in [0, 0.05) is 18.8 Å². The van der Waals surface area contributed by atoms with Crippen LogP contribution < -0.4 is 5.32 Å². The highest BCUT2D eigenvalue weighted by Crippen LogP contribution is 2.21. The molecule has 25 heavy (non-hydrogen) atoms. The minimum absolute atomic E-state index is 0.00461. The van der Waals surface area contributed by atoms with Crippen LogP contribution in [0.2, 0.25) is 0 Å². The topological polar surface area (TPSA) is 32.3 Å². The first-order valence-electron chi connectivity index (χ1n) is 8.85. The molecule has 3 rings (SSSR count). The molecule has 1 amide bonds. The van der Waals surface area contributed by atoms with Crippen molar-refractivity contribution in [3.8, 4) is 0 Å². The molecule has 1 heterocycles. The summed E-state index contributed by atoms with van der Waals surface area (Å²) in [5.41, 5.74) is 4.25. The van der Waals surface area contributed by atoms with Crippen LogP contribution in [-0.2, 0) is 11.3 Å². The van der Waals surface area contributed by atoms with Crippen molar-refractivity contribution in [2.24, 2.45) is 5.92 Å². The van der Waals surface area contributed by atoms with Crippen LogP contribution in [0.25, 0.3) is 0 Å². The van der Waals surface area contributed by atoms with E-state index < -0.39 is 0 Å². The molecule has 2 aromatic carbocycles. The molecule has 1 aliphatic heterocycles. The molecule has 1 N–H and O–H groups in total. The molecular weight excluding hydrogens is 315 g/mol. The summed E-state index contributed by atoms with van der Waals surface area (Å²) in [5, 5.41) is 3.07. The number of aryl methyl sites for hydroxylation is 2. The van der Waals surface area contributed by atoms with Gasteiger partial charge in [0.25, 0.3) is 0 Å². The van der Waals surface area contributed by atoms with Gasteiger partial charge in [0.05, 0.1) is 5.92 Å². The van der Waals surface area contributed by atoms with Gasteiger partial charge in [-0.1, -0.05) is 18.2 Å². The van der Waals surface area contributed by atoms with E-state index in [0.717, 1.165) is 54.9 Å². The largest absolute Gasteiger partial charge is 0.326 e. The average molecular weight is 340 g/mol. The Hall–Kier alpha value is -2.20. The maximum absolute atomic E-state index is 13.0. The van der Waals surface area contributed by atoms with E-state index in [2.05, 4.69) is 16.3 Å². The number of carbonyl (C=O) groups excluding carboxylic acids is 1. The number of anilines is 1. The monoisotopic (exact) mass is 340 g/mol. The molecule has 1 saturated heterocycles. The van der Waals surface area contributed by atoms with E-state index in [1.165, 1.54) is 12.1 Å². The molecule has 0 radical (unpaired) electrons. The number of carbonyl (C=O) groups is 1. The fraction of sp³-hybridized carbons (Fsp3) is 0.381. The molecule has 0 spiro atoms. The summed E-state index contributed by atoms with van der Waals surface area (Å²) in [7, 11) is 0. The number of halogens is 1. The summed E-state index contributed by atoms with van der Waals surface area (Å²) in [6, 6.07) is 12.7. The van der Waals surface area contributed by atoms with E-state index in [1.54, 1.807) is 0 Å². The summed E-state index contributed by atoms with van der Waals surface area (Å²) in [4.78, 5) is 14.9. The molecule has 0 aliphatic carbocycles. The Morgan fingerprint density at radius 2 is 1.84 bits per heavy atom. The Labute approximate surface area is 148 Å². The second kappa shape index (κ2) is 7.79. The zero-order valence-electron chi connectivity index (χ0n) is 14.9. The first kappa shape index (κ1) is 17.6. The summed E-state index contributed by atoms with van der Waals surface area (Å²) >= 11 is 0. The van der Waals surface area contributed by atoms with E-state index in [9.17, 15) is 9.18 Å². The van der Waals surface area contributed by atoms with Gasteiger partial charge < -0.3 is 5.32 Å². The van der Waals surface area contributed by atoms with Gasteiger partial charge in [-0.15, -0.1) is 0 Å². The van der Waals surface area contributed by atoms with Gasteiger partial charge >= 0.3 is 0 Å². The van der Waals surface area contributed by atoms with Crippen LogP contribution in [-0.4, -0.2) is 23.9 Å². The number of rotatable bonds is 4. The Kier molecular flexibility index (Phi) is 5.49. The third kappa shape index (κ3) is 4.89. The van der Waals surface area contributed by atoms with Crippen LogP contribution in [0.5, 0.6) is 0 Å². The highest BCUT2D eigenvalue weighted by atomic mass is 19.1. The molecule has 0 saturated carbocycles. The third-order valence-corrected chi connectivity index (χ3v) is 4.68. The Morgan fingerprint density at radius 1 is 1.16 bits per heavy atom. The van der Waals surface area contributed by atoms with Gasteiger partial charge in [0.2, 0.25) is 5.91 Å². The quantitative estimate of drug-likeness (QED) is 0.900. The molecule has 132 valence electrons. The molecule has 1 atom stereocenters.